The predicted octanol–water partition coefficient (Wildman–Crippen LogP) is 2.10. The highest BCUT2D eigenvalue weighted by Gasteiger charge is 2.25. The van der Waals surface area contributed by atoms with Gasteiger partial charge in [-0.1, -0.05) is 30.3 Å². The first-order valence-electron chi connectivity index (χ1n) is 6.68. The molecule has 1 aromatic carbocycles. The number of hydrogen-bond acceptors (Lipinski definition) is 4. The molecule has 0 amide bonds. The monoisotopic (exact) mass is 284 g/mol. The molecular formula is C15H16N4O2. The molecule has 2 N–H and O–H groups in total. The molecule has 0 bridgehead atoms. The van der Waals surface area contributed by atoms with E-state index in [2.05, 4.69) is 19.9 Å². The average molecular weight is 284 g/mol. The second kappa shape index (κ2) is 5.14. The Morgan fingerprint density at radius 3 is 2.76 bits per heavy atom. The first-order valence-corrected chi connectivity index (χ1v) is 6.68. The summed E-state index contributed by atoms with van der Waals surface area (Å²) in [6, 6.07) is 9.86. The van der Waals surface area contributed by atoms with Gasteiger partial charge >= 0.3 is 0 Å². The van der Waals surface area contributed by atoms with Crippen molar-refractivity contribution in [3.8, 4) is 0 Å². The number of rotatable bonds is 4. The van der Waals surface area contributed by atoms with E-state index >= 15 is 0 Å². The fourth-order valence-electron chi connectivity index (χ4n) is 2.03. The van der Waals surface area contributed by atoms with Gasteiger partial charge in [-0.2, -0.15) is 0 Å². The number of H-pyrrole nitrogens is 2. The molecule has 0 aliphatic carbocycles. The lowest BCUT2D eigenvalue weighted by molar-refractivity contribution is -0.0399. The molecule has 3 aromatic rings. The fraction of sp³-hybridized carbons (Fsp3) is 0.267. The largest absolute Gasteiger partial charge is 0.363 e. The number of aromatic amines is 2. The van der Waals surface area contributed by atoms with Crippen LogP contribution in [0.2, 0.25) is 0 Å². The van der Waals surface area contributed by atoms with E-state index in [1.807, 2.05) is 44.2 Å². The van der Waals surface area contributed by atoms with Gasteiger partial charge in [0.25, 0.3) is 5.56 Å². The van der Waals surface area contributed by atoms with Gasteiger partial charge in [0.05, 0.1) is 12.9 Å². The van der Waals surface area contributed by atoms with Crippen molar-refractivity contribution in [1.82, 2.24) is 19.9 Å². The summed E-state index contributed by atoms with van der Waals surface area (Å²) in [4.78, 5) is 25.9. The number of fused-ring (bicyclic) bond motifs is 1. The Labute approximate surface area is 121 Å². The molecule has 108 valence electrons. The second-order valence-corrected chi connectivity index (χ2v) is 5.30. The van der Waals surface area contributed by atoms with Crippen molar-refractivity contribution in [1.29, 1.82) is 0 Å². The fourth-order valence-corrected chi connectivity index (χ4v) is 2.03. The molecule has 0 aliphatic heterocycles. The Morgan fingerprint density at radius 1 is 1.24 bits per heavy atom. The smallest absolute Gasteiger partial charge is 0.277 e. The molecule has 0 fully saturated rings. The molecule has 0 saturated heterocycles. The van der Waals surface area contributed by atoms with E-state index in [9.17, 15) is 4.79 Å². The van der Waals surface area contributed by atoms with Crippen molar-refractivity contribution in [2.75, 3.05) is 0 Å². The zero-order valence-electron chi connectivity index (χ0n) is 11.9. The Morgan fingerprint density at radius 2 is 2.00 bits per heavy atom. The SMILES string of the molecule is CC(C)(OCc1ccccc1)c1nc2nc[nH]c2c(=O)[nH]1. The molecule has 6 heteroatoms. The summed E-state index contributed by atoms with van der Waals surface area (Å²) >= 11 is 0. The third-order valence-corrected chi connectivity index (χ3v) is 3.31. The lowest BCUT2D eigenvalue weighted by Crippen LogP contribution is -2.28. The van der Waals surface area contributed by atoms with Crippen molar-refractivity contribution in [3.05, 3.63) is 58.4 Å². The number of hydrogen-bond donors (Lipinski definition) is 2. The van der Waals surface area contributed by atoms with Gasteiger partial charge in [-0.05, 0) is 19.4 Å². The van der Waals surface area contributed by atoms with Crippen LogP contribution in [0.4, 0.5) is 0 Å². The minimum atomic E-state index is -0.720. The molecule has 0 atom stereocenters. The van der Waals surface area contributed by atoms with Gasteiger partial charge in [0, 0.05) is 0 Å². The van der Waals surface area contributed by atoms with Gasteiger partial charge in [0.1, 0.15) is 11.4 Å². The van der Waals surface area contributed by atoms with Crippen LogP contribution in [0.5, 0.6) is 0 Å². The van der Waals surface area contributed by atoms with Crippen LogP contribution < -0.4 is 5.56 Å². The third-order valence-electron chi connectivity index (χ3n) is 3.31. The Hall–Kier alpha value is -2.47. The Bertz CT molecular complexity index is 805. The van der Waals surface area contributed by atoms with Gasteiger partial charge in [-0.15, -0.1) is 0 Å². The highest BCUT2D eigenvalue weighted by atomic mass is 16.5. The van der Waals surface area contributed by atoms with E-state index < -0.39 is 5.60 Å². The van der Waals surface area contributed by atoms with E-state index in [1.165, 1.54) is 6.33 Å². The van der Waals surface area contributed by atoms with Gasteiger partial charge in [-0.3, -0.25) is 4.79 Å². The maximum Gasteiger partial charge on any atom is 0.277 e. The molecule has 0 radical (unpaired) electrons. The van der Waals surface area contributed by atoms with Crippen molar-refractivity contribution in [3.63, 3.8) is 0 Å². The van der Waals surface area contributed by atoms with Crippen molar-refractivity contribution >= 4 is 11.2 Å². The van der Waals surface area contributed by atoms with Gasteiger partial charge in [0.15, 0.2) is 11.2 Å². The topological polar surface area (TPSA) is 83.7 Å². The number of imidazole rings is 1. The number of nitrogens with zero attached hydrogens (tertiary/aromatic N) is 2. The summed E-state index contributed by atoms with van der Waals surface area (Å²) in [5.74, 6) is 0.461. The summed E-state index contributed by atoms with van der Waals surface area (Å²) in [5, 5.41) is 0. The van der Waals surface area contributed by atoms with Crippen molar-refractivity contribution < 1.29 is 4.74 Å². The summed E-state index contributed by atoms with van der Waals surface area (Å²) in [6.45, 7) is 4.18. The first-order chi connectivity index (χ1) is 10.1. The van der Waals surface area contributed by atoms with Crippen molar-refractivity contribution in [2.45, 2.75) is 26.1 Å². The summed E-state index contributed by atoms with van der Waals surface area (Å²) < 4.78 is 5.91. The van der Waals surface area contributed by atoms with Gasteiger partial charge in [0.2, 0.25) is 0 Å². The maximum absolute atomic E-state index is 12.0. The molecule has 2 aromatic heterocycles. The summed E-state index contributed by atoms with van der Waals surface area (Å²) in [7, 11) is 0. The van der Waals surface area contributed by atoms with Crippen LogP contribution in [0.1, 0.15) is 25.2 Å². The first kappa shape index (κ1) is 13.5. The summed E-state index contributed by atoms with van der Waals surface area (Å²) in [5.41, 5.74) is 0.864. The minimum Gasteiger partial charge on any atom is -0.363 e. The standard InChI is InChI=1S/C15H16N4O2/c1-15(2,21-8-10-6-4-3-5-7-10)14-18-12-11(13(20)19-14)16-9-17-12/h3-7,9H,8H2,1-2H3,(H2,16,17,18,19,20). The van der Waals surface area contributed by atoms with Crippen LogP contribution in [0, 0.1) is 0 Å². The number of ether oxygens (including phenoxy) is 1. The lowest BCUT2D eigenvalue weighted by Gasteiger charge is -2.24. The molecule has 0 spiro atoms. The Kier molecular flexibility index (Phi) is 3.31. The van der Waals surface area contributed by atoms with Gasteiger partial charge < -0.3 is 14.7 Å². The number of nitrogens with one attached hydrogen (secondary N) is 2. The molecule has 0 saturated carbocycles. The highest BCUT2D eigenvalue weighted by Crippen LogP contribution is 2.22. The van der Waals surface area contributed by atoms with E-state index in [0.29, 0.717) is 23.6 Å². The van der Waals surface area contributed by atoms with Crippen LogP contribution in [0.3, 0.4) is 0 Å². The number of benzene rings is 1. The molecule has 6 nitrogen and oxygen atoms in total. The number of aromatic nitrogens is 4. The normalized spacial score (nSPS) is 11.9. The maximum atomic E-state index is 12.0. The van der Waals surface area contributed by atoms with E-state index in [-0.39, 0.29) is 5.56 Å². The molecular weight excluding hydrogens is 268 g/mol. The lowest BCUT2D eigenvalue weighted by atomic mass is 10.1. The van der Waals surface area contributed by atoms with Crippen LogP contribution >= 0.6 is 0 Å². The molecule has 0 aliphatic rings. The van der Waals surface area contributed by atoms with Crippen LogP contribution in [-0.2, 0) is 16.9 Å². The Balaban J connectivity index is 1.87. The molecule has 0 unspecified atom stereocenters. The zero-order valence-corrected chi connectivity index (χ0v) is 11.9. The highest BCUT2D eigenvalue weighted by molar-refractivity contribution is 5.68. The zero-order chi connectivity index (χ0) is 14.9. The van der Waals surface area contributed by atoms with Gasteiger partial charge in [-0.25, -0.2) is 9.97 Å². The van der Waals surface area contributed by atoms with E-state index in [1.54, 1.807) is 0 Å². The summed E-state index contributed by atoms with van der Waals surface area (Å²) in [6.07, 6.45) is 1.45. The predicted molar refractivity (Wildman–Crippen MR) is 78.8 cm³/mol. The quantitative estimate of drug-likeness (QED) is 0.768. The molecule has 3 rings (SSSR count). The van der Waals surface area contributed by atoms with Crippen LogP contribution in [0.15, 0.2) is 41.5 Å². The molecule has 2 heterocycles. The molecule has 21 heavy (non-hydrogen) atoms. The van der Waals surface area contributed by atoms with E-state index in [0.717, 1.165) is 5.56 Å². The third kappa shape index (κ3) is 2.71. The second-order valence-electron chi connectivity index (χ2n) is 5.30. The van der Waals surface area contributed by atoms with E-state index in [4.69, 9.17) is 4.74 Å². The minimum absolute atomic E-state index is 0.246. The van der Waals surface area contributed by atoms with Crippen LogP contribution in [-0.4, -0.2) is 19.9 Å². The average Bonchev–Trinajstić information content (AvgIpc) is 2.95. The van der Waals surface area contributed by atoms with Crippen molar-refractivity contribution in [2.24, 2.45) is 0 Å². The van der Waals surface area contributed by atoms with Crippen LogP contribution in [0.25, 0.3) is 11.2 Å².